The Morgan fingerprint density at radius 3 is 1.62 bits per heavy atom. The van der Waals surface area contributed by atoms with Crippen LogP contribution in [0, 0.1) is 0 Å². The lowest BCUT2D eigenvalue weighted by Crippen LogP contribution is -2.12. The number of benzene rings is 3. The standard InChI is InChI=1S/C18H17N3/c19-14-11-12-18(17(20)13-14)21(15-7-3-1-4-8-15)16-9-5-2-6-10-16/h1-13H,19-20H2. The number of anilines is 5. The molecule has 0 saturated heterocycles. The summed E-state index contributed by atoms with van der Waals surface area (Å²) in [5.74, 6) is 0. The fourth-order valence-corrected chi connectivity index (χ4v) is 2.36. The molecule has 3 nitrogen and oxygen atoms in total. The highest BCUT2D eigenvalue weighted by Gasteiger charge is 2.14. The average Bonchev–Trinajstić information content (AvgIpc) is 2.52. The number of rotatable bonds is 3. The van der Waals surface area contributed by atoms with E-state index in [0.29, 0.717) is 11.4 Å². The topological polar surface area (TPSA) is 55.3 Å². The molecule has 3 heteroatoms. The molecule has 0 heterocycles. The highest BCUT2D eigenvalue weighted by Crippen LogP contribution is 2.38. The van der Waals surface area contributed by atoms with Gasteiger partial charge in [-0.05, 0) is 42.5 Å². The predicted octanol–water partition coefficient (Wildman–Crippen LogP) is 4.32. The Bertz CT molecular complexity index is 684. The fourth-order valence-electron chi connectivity index (χ4n) is 2.36. The van der Waals surface area contributed by atoms with Crippen LogP contribution in [-0.4, -0.2) is 0 Å². The van der Waals surface area contributed by atoms with Crippen LogP contribution in [-0.2, 0) is 0 Å². The molecule has 0 bridgehead atoms. The molecule has 4 N–H and O–H groups in total. The van der Waals surface area contributed by atoms with Crippen LogP contribution in [0.15, 0.2) is 78.9 Å². The van der Waals surface area contributed by atoms with Crippen molar-refractivity contribution in [1.82, 2.24) is 0 Å². The molecule has 0 aliphatic heterocycles. The third-order valence-corrected chi connectivity index (χ3v) is 3.32. The second kappa shape index (κ2) is 5.59. The zero-order valence-corrected chi connectivity index (χ0v) is 11.6. The molecular weight excluding hydrogens is 258 g/mol. The van der Waals surface area contributed by atoms with Crippen LogP contribution in [0.3, 0.4) is 0 Å². The largest absolute Gasteiger partial charge is 0.399 e. The van der Waals surface area contributed by atoms with E-state index in [1.807, 2.05) is 48.5 Å². The Labute approximate surface area is 124 Å². The summed E-state index contributed by atoms with van der Waals surface area (Å²) in [5.41, 5.74) is 16.3. The summed E-state index contributed by atoms with van der Waals surface area (Å²) in [6.45, 7) is 0. The first-order valence-corrected chi connectivity index (χ1v) is 6.81. The zero-order valence-electron chi connectivity index (χ0n) is 11.6. The van der Waals surface area contributed by atoms with E-state index in [2.05, 4.69) is 29.2 Å². The molecule has 0 fully saturated rings. The van der Waals surface area contributed by atoms with Crippen LogP contribution in [0.1, 0.15) is 0 Å². The molecule has 0 amide bonds. The van der Waals surface area contributed by atoms with Gasteiger partial charge in [-0.25, -0.2) is 0 Å². The summed E-state index contributed by atoms with van der Waals surface area (Å²) in [6.07, 6.45) is 0. The van der Waals surface area contributed by atoms with Gasteiger partial charge < -0.3 is 16.4 Å². The van der Waals surface area contributed by atoms with E-state index in [0.717, 1.165) is 17.1 Å². The Morgan fingerprint density at radius 1 is 0.619 bits per heavy atom. The van der Waals surface area contributed by atoms with E-state index in [-0.39, 0.29) is 0 Å². The van der Waals surface area contributed by atoms with Crippen molar-refractivity contribution in [2.45, 2.75) is 0 Å². The predicted molar refractivity (Wildman–Crippen MR) is 89.9 cm³/mol. The van der Waals surface area contributed by atoms with Crippen molar-refractivity contribution in [3.8, 4) is 0 Å². The minimum absolute atomic E-state index is 0.655. The lowest BCUT2D eigenvalue weighted by molar-refractivity contribution is 1.29. The van der Waals surface area contributed by atoms with E-state index in [9.17, 15) is 0 Å². The molecule has 0 unspecified atom stereocenters. The first-order chi connectivity index (χ1) is 10.3. The number of nitrogen functional groups attached to an aromatic ring is 2. The number of hydrogen-bond donors (Lipinski definition) is 2. The van der Waals surface area contributed by atoms with Crippen molar-refractivity contribution in [1.29, 1.82) is 0 Å². The van der Waals surface area contributed by atoms with Crippen molar-refractivity contribution < 1.29 is 0 Å². The Hall–Kier alpha value is -2.94. The van der Waals surface area contributed by atoms with Gasteiger partial charge in [-0.3, -0.25) is 0 Å². The maximum absolute atomic E-state index is 6.18. The molecule has 0 aromatic heterocycles. The van der Waals surface area contributed by atoms with Crippen LogP contribution in [0.25, 0.3) is 0 Å². The fraction of sp³-hybridized carbons (Fsp3) is 0. The van der Waals surface area contributed by atoms with E-state index < -0.39 is 0 Å². The Kier molecular flexibility index (Phi) is 3.48. The molecule has 3 rings (SSSR count). The van der Waals surface area contributed by atoms with Crippen LogP contribution in [0.5, 0.6) is 0 Å². The van der Waals surface area contributed by atoms with Gasteiger partial charge >= 0.3 is 0 Å². The van der Waals surface area contributed by atoms with Gasteiger partial charge in [0.05, 0.1) is 11.4 Å². The SMILES string of the molecule is Nc1ccc(N(c2ccccc2)c2ccccc2)c(N)c1. The normalized spacial score (nSPS) is 10.3. The van der Waals surface area contributed by atoms with Gasteiger partial charge in [-0.2, -0.15) is 0 Å². The highest BCUT2D eigenvalue weighted by atomic mass is 15.1. The minimum Gasteiger partial charge on any atom is -0.399 e. The quantitative estimate of drug-likeness (QED) is 0.700. The monoisotopic (exact) mass is 275 g/mol. The smallest absolute Gasteiger partial charge is 0.0692 e. The third kappa shape index (κ3) is 2.67. The summed E-state index contributed by atoms with van der Waals surface area (Å²) < 4.78 is 0. The van der Waals surface area contributed by atoms with Crippen molar-refractivity contribution >= 4 is 28.4 Å². The van der Waals surface area contributed by atoms with Crippen LogP contribution >= 0.6 is 0 Å². The summed E-state index contributed by atoms with van der Waals surface area (Å²) in [7, 11) is 0. The van der Waals surface area contributed by atoms with Gasteiger partial charge in [0.2, 0.25) is 0 Å². The molecule has 104 valence electrons. The van der Waals surface area contributed by atoms with Crippen LogP contribution in [0.4, 0.5) is 28.4 Å². The van der Waals surface area contributed by atoms with E-state index in [1.165, 1.54) is 0 Å². The van der Waals surface area contributed by atoms with Crippen LogP contribution < -0.4 is 16.4 Å². The summed E-state index contributed by atoms with van der Waals surface area (Å²) in [5, 5.41) is 0. The number of nitrogens with two attached hydrogens (primary N) is 2. The summed E-state index contributed by atoms with van der Waals surface area (Å²) in [6, 6.07) is 25.9. The van der Waals surface area contributed by atoms with Crippen molar-refractivity contribution in [3.63, 3.8) is 0 Å². The molecule has 0 radical (unpaired) electrons. The molecule has 3 aromatic rings. The zero-order chi connectivity index (χ0) is 14.7. The Morgan fingerprint density at radius 2 is 1.14 bits per heavy atom. The van der Waals surface area contributed by atoms with E-state index in [1.54, 1.807) is 6.07 Å². The average molecular weight is 275 g/mol. The molecule has 0 saturated carbocycles. The maximum Gasteiger partial charge on any atom is 0.0692 e. The number of nitrogens with zero attached hydrogens (tertiary/aromatic N) is 1. The molecule has 0 spiro atoms. The van der Waals surface area contributed by atoms with Gasteiger partial charge in [0.25, 0.3) is 0 Å². The number of hydrogen-bond acceptors (Lipinski definition) is 3. The van der Waals surface area contributed by atoms with Gasteiger partial charge in [-0.1, -0.05) is 36.4 Å². The van der Waals surface area contributed by atoms with Crippen molar-refractivity contribution in [3.05, 3.63) is 78.9 Å². The van der Waals surface area contributed by atoms with Gasteiger partial charge in [-0.15, -0.1) is 0 Å². The number of para-hydroxylation sites is 2. The van der Waals surface area contributed by atoms with Gasteiger partial charge in [0, 0.05) is 17.1 Å². The first-order valence-electron chi connectivity index (χ1n) is 6.81. The molecule has 3 aromatic carbocycles. The lowest BCUT2D eigenvalue weighted by Gasteiger charge is -2.26. The van der Waals surface area contributed by atoms with Gasteiger partial charge in [0.15, 0.2) is 0 Å². The van der Waals surface area contributed by atoms with Crippen LogP contribution in [0.2, 0.25) is 0 Å². The van der Waals surface area contributed by atoms with E-state index in [4.69, 9.17) is 11.5 Å². The molecule has 21 heavy (non-hydrogen) atoms. The first kappa shape index (κ1) is 13.1. The highest BCUT2D eigenvalue weighted by molar-refractivity contribution is 5.84. The molecular formula is C18H17N3. The van der Waals surface area contributed by atoms with E-state index >= 15 is 0 Å². The molecule has 0 atom stereocenters. The second-order valence-electron chi connectivity index (χ2n) is 4.82. The lowest BCUT2D eigenvalue weighted by atomic mass is 10.1. The third-order valence-electron chi connectivity index (χ3n) is 3.32. The van der Waals surface area contributed by atoms with Gasteiger partial charge in [0.1, 0.15) is 0 Å². The minimum atomic E-state index is 0.655. The van der Waals surface area contributed by atoms with Crippen molar-refractivity contribution in [2.75, 3.05) is 16.4 Å². The summed E-state index contributed by atoms with van der Waals surface area (Å²) in [4.78, 5) is 2.12. The molecule has 0 aliphatic carbocycles. The Balaban J connectivity index is 2.17. The van der Waals surface area contributed by atoms with Crippen molar-refractivity contribution in [2.24, 2.45) is 0 Å². The summed E-state index contributed by atoms with van der Waals surface area (Å²) >= 11 is 0. The maximum atomic E-state index is 6.18. The second-order valence-corrected chi connectivity index (χ2v) is 4.82. The molecule has 0 aliphatic rings.